The first kappa shape index (κ1) is 17.3. The highest BCUT2D eigenvalue weighted by molar-refractivity contribution is 6.42. The van der Waals surface area contributed by atoms with E-state index in [9.17, 15) is 9.59 Å². The van der Waals surface area contributed by atoms with E-state index in [1.807, 2.05) is 0 Å². The Bertz CT molecular complexity index is 641. The van der Waals surface area contributed by atoms with Gasteiger partial charge < -0.3 is 16.0 Å². The summed E-state index contributed by atoms with van der Waals surface area (Å²) in [5.41, 5.74) is 5.98. The molecule has 2 fully saturated rings. The molecule has 1 aromatic carbocycles. The van der Waals surface area contributed by atoms with E-state index >= 15 is 0 Å². The number of likely N-dealkylation sites (tertiary alicyclic amines) is 2. The van der Waals surface area contributed by atoms with Gasteiger partial charge in [-0.05, 0) is 44.1 Å². The van der Waals surface area contributed by atoms with Crippen molar-refractivity contribution >= 4 is 40.8 Å². The summed E-state index contributed by atoms with van der Waals surface area (Å²) in [6.45, 7) is 3.10. The Morgan fingerprint density at radius 2 is 1.79 bits per heavy atom. The van der Waals surface area contributed by atoms with Gasteiger partial charge in [-0.3, -0.25) is 9.69 Å². The smallest absolute Gasteiger partial charge is 0.321 e. The molecule has 2 aliphatic heterocycles. The summed E-state index contributed by atoms with van der Waals surface area (Å²) in [5.74, 6) is -0.207. The number of carbonyl (C=O) groups excluding carboxylic acids is 2. The molecule has 0 radical (unpaired) electrons. The van der Waals surface area contributed by atoms with Gasteiger partial charge in [-0.15, -0.1) is 0 Å². The first-order chi connectivity index (χ1) is 11.4. The molecule has 6 nitrogen and oxygen atoms in total. The molecule has 130 valence electrons. The van der Waals surface area contributed by atoms with Crippen LogP contribution < -0.4 is 11.1 Å². The van der Waals surface area contributed by atoms with Gasteiger partial charge in [0.15, 0.2) is 0 Å². The quantitative estimate of drug-likeness (QED) is 0.857. The second kappa shape index (κ2) is 7.17. The van der Waals surface area contributed by atoms with Crippen LogP contribution in [0.3, 0.4) is 0 Å². The highest BCUT2D eigenvalue weighted by Crippen LogP contribution is 2.26. The number of hydrogen-bond acceptors (Lipinski definition) is 3. The van der Waals surface area contributed by atoms with Crippen molar-refractivity contribution in [3.8, 4) is 0 Å². The first-order valence-electron chi connectivity index (χ1n) is 7.98. The Hall–Kier alpha value is -1.50. The molecule has 3 N–H and O–H groups in total. The number of hydrogen-bond donors (Lipinski definition) is 2. The minimum Gasteiger partial charge on any atom is -0.369 e. The van der Waals surface area contributed by atoms with E-state index in [-0.39, 0.29) is 17.9 Å². The molecule has 0 unspecified atom stereocenters. The third kappa shape index (κ3) is 3.77. The highest BCUT2D eigenvalue weighted by atomic mass is 35.5. The summed E-state index contributed by atoms with van der Waals surface area (Å²) >= 11 is 11.8. The van der Waals surface area contributed by atoms with Gasteiger partial charge in [0.1, 0.15) is 0 Å². The fraction of sp³-hybridized carbons (Fsp3) is 0.500. The Morgan fingerprint density at radius 3 is 2.38 bits per heavy atom. The van der Waals surface area contributed by atoms with Crippen LogP contribution in [0, 0.1) is 5.92 Å². The van der Waals surface area contributed by atoms with E-state index in [0.717, 1.165) is 25.9 Å². The molecular formula is C16H20Cl2N4O2. The van der Waals surface area contributed by atoms with E-state index in [2.05, 4.69) is 10.2 Å². The van der Waals surface area contributed by atoms with E-state index in [0.29, 0.717) is 34.9 Å². The summed E-state index contributed by atoms with van der Waals surface area (Å²) in [5, 5.41) is 3.69. The van der Waals surface area contributed by atoms with Crippen LogP contribution in [0.25, 0.3) is 0 Å². The third-order valence-electron chi connectivity index (χ3n) is 4.77. The lowest BCUT2D eigenvalue weighted by atomic mass is 9.94. The van der Waals surface area contributed by atoms with Crippen molar-refractivity contribution in [3.63, 3.8) is 0 Å². The second-order valence-corrected chi connectivity index (χ2v) is 7.14. The second-order valence-electron chi connectivity index (χ2n) is 6.33. The predicted octanol–water partition coefficient (Wildman–Crippen LogP) is 2.41. The predicted molar refractivity (Wildman–Crippen MR) is 94.3 cm³/mol. The molecule has 0 saturated carbocycles. The fourth-order valence-electron chi connectivity index (χ4n) is 3.18. The van der Waals surface area contributed by atoms with Gasteiger partial charge in [-0.1, -0.05) is 23.2 Å². The molecule has 0 atom stereocenters. The molecule has 0 bridgehead atoms. The molecule has 1 aromatic rings. The molecule has 2 aliphatic rings. The molecular weight excluding hydrogens is 351 g/mol. The van der Waals surface area contributed by atoms with E-state index < -0.39 is 0 Å². The van der Waals surface area contributed by atoms with Crippen LogP contribution in [0.2, 0.25) is 10.0 Å². The summed E-state index contributed by atoms with van der Waals surface area (Å²) in [4.78, 5) is 27.5. The standard InChI is InChI=1S/C16H20Cl2N4O2/c17-13-2-1-11(7-14(13)18)20-16(24)22-8-12(9-22)21-5-3-10(4-6-21)15(19)23/h1-2,7,10,12H,3-6,8-9H2,(H2,19,23)(H,20,24). The number of nitrogens with one attached hydrogen (secondary N) is 1. The lowest BCUT2D eigenvalue weighted by molar-refractivity contribution is -0.123. The van der Waals surface area contributed by atoms with Gasteiger partial charge in [0, 0.05) is 30.7 Å². The topological polar surface area (TPSA) is 78.7 Å². The van der Waals surface area contributed by atoms with Gasteiger partial charge in [0.25, 0.3) is 0 Å². The largest absolute Gasteiger partial charge is 0.369 e. The minimum absolute atomic E-state index is 0.00428. The SMILES string of the molecule is NC(=O)C1CCN(C2CN(C(=O)Nc3ccc(Cl)c(Cl)c3)C2)CC1. The normalized spacial score (nSPS) is 19.8. The van der Waals surface area contributed by atoms with Crippen LogP contribution in [0.1, 0.15) is 12.8 Å². The number of anilines is 1. The Labute approximate surface area is 150 Å². The molecule has 3 amide bonds. The van der Waals surface area contributed by atoms with Crippen molar-refractivity contribution in [2.75, 3.05) is 31.5 Å². The number of benzene rings is 1. The maximum atomic E-state index is 12.2. The zero-order valence-electron chi connectivity index (χ0n) is 13.2. The number of nitrogens with zero attached hydrogens (tertiary/aromatic N) is 2. The van der Waals surface area contributed by atoms with Crippen LogP contribution in [0.5, 0.6) is 0 Å². The summed E-state index contributed by atoms with van der Waals surface area (Å²) in [7, 11) is 0. The Balaban J connectivity index is 1.45. The zero-order chi connectivity index (χ0) is 17.3. The summed E-state index contributed by atoms with van der Waals surface area (Å²) in [6, 6.07) is 5.22. The van der Waals surface area contributed by atoms with Gasteiger partial charge in [0.05, 0.1) is 10.0 Å². The van der Waals surface area contributed by atoms with Gasteiger partial charge in [-0.25, -0.2) is 4.79 Å². The van der Waals surface area contributed by atoms with Gasteiger partial charge in [-0.2, -0.15) is 0 Å². The molecule has 0 aliphatic carbocycles. The molecule has 0 aromatic heterocycles. The molecule has 3 rings (SSSR count). The molecule has 2 saturated heterocycles. The van der Waals surface area contributed by atoms with Crippen molar-refractivity contribution in [3.05, 3.63) is 28.2 Å². The van der Waals surface area contributed by atoms with E-state index in [1.54, 1.807) is 23.1 Å². The highest BCUT2D eigenvalue weighted by Gasteiger charge is 2.37. The number of carbonyl (C=O) groups is 2. The lowest BCUT2D eigenvalue weighted by Gasteiger charge is -2.47. The monoisotopic (exact) mass is 370 g/mol. The Kier molecular flexibility index (Phi) is 5.18. The number of primary amides is 1. The number of halogens is 2. The first-order valence-corrected chi connectivity index (χ1v) is 8.74. The maximum absolute atomic E-state index is 12.2. The van der Waals surface area contributed by atoms with Crippen LogP contribution >= 0.6 is 23.2 Å². The molecule has 2 heterocycles. The van der Waals surface area contributed by atoms with Crippen molar-refractivity contribution < 1.29 is 9.59 Å². The Morgan fingerprint density at radius 1 is 1.12 bits per heavy atom. The minimum atomic E-state index is -0.203. The van der Waals surface area contributed by atoms with Crippen molar-refractivity contribution in [2.45, 2.75) is 18.9 Å². The zero-order valence-corrected chi connectivity index (χ0v) is 14.7. The number of nitrogens with two attached hydrogens (primary N) is 1. The number of amides is 3. The number of rotatable bonds is 3. The average Bonchev–Trinajstić information content (AvgIpc) is 2.50. The van der Waals surface area contributed by atoms with E-state index in [1.165, 1.54) is 0 Å². The maximum Gasteiger partial charge on any atom is 0.321 e. The molecule has 0 spiro atoms. The van der Waals surface area contributed by atoms with E-state index in [4.69, 9.17) is 28.9 Å². The number of piperidine rings is 1. The fourth-order valence-corrected chi connectivity index (χ4v) is 3.48. The molecule has 24 heavy (non-hydrogen) atoms. The van der Waals surface area contributed by atoms with Crippen LogP contribution in [-0.2, 0) is 4.79 Å². The lowest BCUT2D eigenvalue weighted by Crippen LogP contribution is -2.63. The van der Waals surface area contributed by atoms with Gasteiger partial charge >= 0.3 is 6.03 Å². The van der Waals surface area contributed by atoms with Crippen molar-refractivity contribution in [1.29, 1.82) is 0 Å². The summed E-state index contributed by atoms with van der Waals surface area (Å²) in [6.07, 6.45) is 1.61. The summed E-state index contributed by atoms with van der Waals surface area (Å²) < 4.78 is 0. The van der Waals surface area contributed by atoms with Crippen LogP contribution in [-0.4, -0.2) is 54.0 Å². The van der Waals surface area contributed by atoms with Gasteiger partial charge in [0.2, 0.25) is 5.91 Å². The van der Waals surface area contributed by atoms with Crippen molar-refractivity contribution in [2.24, 2.45) is 11.7 Å². The third-order valence-corrected chi connectivity index (χ3v) is 5.51. The average molecular weight is 371 g/mol. The van der Waals surface area contributed by atoms with Crippen LogP contribution in [0.4, 0.5) is 10.5 Å². The van der Waals surface area contributed by atoms with Crippen LogP contribution in [0.15, 0.2) is 18.2 Å². The van der Waals surface area contributed by atoms with Crippen molar-refractivity contribution in [1.82, 2.24) is 9.80 Å². The number of urea groups is 1. The molecule has 8 heteroatoms.